The fraction of sp³-hybridized carbons (Fsp3) is 0.611. The second kappa shape index (κ2) is 7.85. The van der Waals surface area contributed by atoms with Gasteiger partial charge in [-0.05, 0) is 26.0 Å². The van der Waals surface area contributed by atoms with Crippen molar-refractivity contribution in [1.29, 1.82) is 0 Å². The standard InChI is InChI=1S/C18H26O6S/c1-13-16(10-11-22-14(2)19)23-18(3,4)24-17(13)12-25(20,21)15-8-6-5-7-9-15/h5-9,13,16-17H,10-12H2,1-4H3/t13-,16+,17-/m1/s1. The molecule has 0 amide bonds. The van der Waals surface area contributed by atoms with Gasteiger partial charge in [0, 0.05) is 19.3 Å². The van der Waals surface area contributed by atoms with Crippen molar-refractivity contribution in [3.63, 3.8) is 0 Å². The van der Waals surface area contributed by atoms with E-state index >= 15 is 0 Å². The third-order valence-corrected chi connectivity index (χ3v) is 5.99. The molecular formula is C18H26O6S. The first-order valence-corrected chi connectivity index (χ1v) is 10.0. The second-order valence-corrected chi connectivity index (χ2v) is 8.83. The van der Waals surface area contributed by atoms with Gasteiger partial charge in [-0.1, -0.05) is 25.1 Å². The molecular weight excluding hydrogens is 344 g/mol. The van der Waals surface area contributed by atoms with E-state index in [0.29, 0.717) is 6.42 Å². The van der Waals surface area contributed by atoms with Crippen molar-refractivity contribution >= 4 is 15.8 Å². The number of rotatable bonds is 6. The highest BCUT2D eigenvalue weighted by molar-refractivity contribution is 7.91. The Morgan fingerprint density at radius 3 is 2.36 bits per heavy atom. The van der Waals surface area contributed by atoms with E-state index in [1.165, 1.54) is 6.92 Å². The van der Waals surface area contributed by atoms with Crippen molar-refractivity contribution in [2.45, 2.75) is 57.0 Å². The average Bonchev–Trinajstić information content (AvgIpc) is 2.51. The smallest absolute Gasteiger partial charge is 0.302 e. The Bertz CT molecular complexity index is 683. The van der Waals surface area contributed by atoms with E-state index in [2.05, 4.69) is 0 Å². The number of sulfone groups is 1. The van der Waals surface area contributed by atoms with E-state index in [-0.39, 0.29) is 35.2 Å². The summed E-state index contributed by atoms with van der Waals surface area (Å²) in [6.45, 7) is 7.02. The molecule has 1 fully saturated rings. The molecule has 140 valence electrons. The Morgan fingerprint density at radius 2 is 1.76 bits per heavy atom. The van der Waals surface area contributed by atoms with Crippen LogP contribution in [0.2, 0.25) is 0 Å². The zero-order valence-corrected chi connectivity index (χ0v) is 15.9. The average molecular weight is 370 g/mol. The molecule has 25 heavy (non-hydrogen) atoms. The minimum absolute atomic E-state index is 0.116. The Hall–Kier alpha value is -1.44. The molecule has 0 aromatic heterocycles. The number of esters is 1. The lowest BCUT2D eigenvalue weighted by atomic mass is 9.94. The van der Waals surface area contributed by atoms with Crippen LogP contribution in [0, 0.1) is 5.92 Å². The predicted molar refractivity (Wildman–Crippen MR) is 92.7 cm³/mol. The van der Waals surface area contributed by atoms with E-state index in [9.17, 15) is 13.2 Å². The number of ether oxygens (including phenoxy) is 3. The van der Waals surface area contributed by atoms with Gasteiger partial charge < -0.3 is 14.2 Å². The molecule has 1 heterocycles. The topological polar surface area (TPSA) is 78.9 Å². The SMILES string of the molecule is CC(=O)OCC[C@@H]1OC(C)(C)O[C@H](CS(=O)(=O)c2ccccc2)[C@@H]1C. The van der Waals surface area contributed by atoms with Crippen LogP contribution >= 0.6 is 0 Å². The summed E-state index contributed by atoms with van der Waals surface area (Å²) in [5.74, 6) is -1.51. The first-order chi connectivity index (χ1) is 11.6. The molecule has 0 bridgehead atoms. The Kier molecular flexibility index (Phi) is 6.24. The van der Waals surface area contributed by atoms with Gasteiger partial charge in [-0.25, -0.2) is 8.42 Å². The number of carbonyl (C=O) groups is 1. The summed E-state index contributed by atoms with van der Waals surface area (Å²) in [4.78, 5) is 11.2. The van der Waals surface area contributed by atoms with Crippen LogP contribution in [-0.2, 0) is 28.8 Å². The van der Waals surface area contributed by atoms with Gasteiger partial charge >= 0.3 is 5.97 Å². The van der Waals surface area contributed by atoms with Crippen LogP contribution in [0.25, 0.3) is 0 Å². The monoisotopic (exact) mass is 370 g/mol. The van der Waals surface area contributed by atoms with Crippen molar-refractivity contribution < 1.29 is 27.4 Å². The molecule has 0 saturated carbocycles. The molecule has 0 radical (unpaired) electrons. The largest absolute Gasteiger partial charge is 0.466 e. The maximum Gasteiger partial charge on any atom is 0.302 e. The van der Waals surface area contributed by atoms with Crippen LogP contribution in [-0.4, -0.2) is 44.7 Å². The van der Waals surface area contributed by atoms with Crippen molar-refractivity contribution in [1.82, 2.24) is 0 Å². The zero-order valence-electron chi connectivity index (χ0n) is 15.1. The summed E-state index contributed by atoms with van der Waals surface area (Å²) >= 11 is 0. The molecule has 7 heteroatoms. The van der Waals surface area contributed by atoms with Crippen LogP contribution in [0.3, 0.4) is 0 Å². The number of hydrogen-bond donors (Lipinski definition) is 0. The van der Waals surface area contributed by atoms with Crippen LogP contribution < -0.4 is 0 Å². The minimum atomic E-state index is -3.47. The first kappa shape index (κ1) is 19.9. The summed E-state index contributed by atoms with van der Waals surface area (Å²) in [7, 11) is -3.47. The van der Waals surface area contributed by atoms with Gasteiger partial charge in [0.1, 0.15) is 0 Å². The molecule has 0 unspecified atom stereocenters. The maximum absolute atomic E-state index is 12.7. The Labute approximate surface area is 149 Å². The minimum Gasteiger partial charge on any atom is -0.466 e. The summed E-state index contributed by atoms with van der Waals surface area (Å²) in [5, 5.41) is 0. The molecule has 1 saturated heterocycles. The molecule has 2 rings (SSSR count). The lowest BCUT2D eigenvalue weighted by Gasteiger charge is -2.44. The van der Waals surface area contributed by atoms with Crippen LogP contribution in [0.1, 0.15) is 34.1 Å². The molecule has 0 aliphatic carbocycles. The molecule has 3 atom stereocenters. The van der Waals surface area contributed by atoms with Crippen LogP contribution in [0.4, 0.5) is 0 Å². The van der Waals surface area contributed by atoms with E-state index in [0.717, 1.165) is 0 Å². The summed E-state index contributed by atoms with van der Waals surface area (Å²) in [6, 6.07) is 8.35. The van der Waals surface area contributed by atoms with E-state index in [4.69, 9.17) is 14.2 Å². The van der Waals surface area contributed by atoms with Crippen LogP contribution in [0.15, 0.2) is 35.2 Å². The van der Waals surface area contributed by atoms with Gasteiger partial charge in [0.15, 0.2) is 15.6 Å². The van der Waals surface area contributed by atoms with Gasteiger partial charge in [-0.15, -0.1) is 0 Å². The van der Waals surface area contributed by atoms with Crippen molar-refractivity contribution in [3.05, 3.63) is 30.3 Å². The predicted octanol–water partition coefficient (Wildman–Crippen LogP) is 2.57. The van der Waals surface area contributed by atoms with E-state index in [1.54, 1.807) is 44.2 Å². The fourth-order valence-electron chi connectivity index (χ4n) is 2.98. The maximum atomic E-state index is 12.7. The molecule has 6 nitrogen and oxygen atoms in total. The fourth-order valence-corrected chi connectivity index (χ4v) is 4.55. The molecule has 0 spiro atoms. The number of hydrogen-bond acceptors (Lipinski definition) is 6. The summed E-state index contributed by atoms with van der Waals surface area (Å²) in [5.41, 5.74) is 0. The van der Waals surface area contributed by atoms with Crippen LogP contribution in [0.5, 0.6) is 0 Å². The van der Waals surface area contributed by atoms with Gasteiger partial charge in [0.25, 0.3) is 0 Å². The van der Waals surface area contributed by atoms with Gasteiger partial charge in [-0.2, -0.15) is 0 Å². The Balaban J connectivity index is 2.11. The summed E-state index contributed by atoms with van der Waals surface area (Å²) in [6.07, 6.45) is -0.259. The Morgan fingerprint density at radius 1 is 1.16 bits per heavy atom. The lowest BCUT2D eigenvalue weighted by molar-refractivity contribution is -0.315. The van der Waals surface area contributed by atoms with Crippen molar-refractivity contribution in [2.24, 2.45) is 5.92 Å². The van der Waals surface area contributed by atoms with E-state index < -0.39 is 21.7 Å². The molecule has 1 aliphatic heterocycles. The number of carbonyl (C=O) groups excluding carboxylic acids is 1. The van der Waals surface area contributed by atoms with Gasteiger partial charge in [-0.3, -0.25) is 4.79 Å². The summed E-state index contributed by atoms with van der Waals surface area (Å²) < 4.78 is 42.1. The van der Waals surface area contributed by atoms with Gasteiger partial charge in [0.2, 0.25) is 0 Å². The molecule has 1 aromatic carbocycles. The van der Waals surface area contributed by atoms with E-state index in [1.807, 2.05) is 6.92 Å². The highest BCUT2D eigenvalue weighted by atomic mass is 32.2. The third kappa shape index (κ3) is 5.52. The second-order valence-electron chi connectivity index (χ2n) is 6.79. The normalized spacial score (nSPS) is 26.2. The third-order valence-electron chi connectivity index (χ3n) is 4.24. The zero-order chi connectivity index (χ0) is 18.7. The quantitative estimate of drug-likeness (QED) is 0.716. The van der Waals surface area contributed by atoms with Gasteiger partial charge in [0.05, 0.1) is 29.5 Å². The molecule has 1 aromatic rings. The number of benzene rings is 1. The lowest BCUT2D eigenvalue weighted by Crippen LogP contribution is -2.52. The van der Waals surface area contributed by atoms with Crippen molar-refractivity contribution in [2.75, 3.05) is 12.4 Å². The first-order valence-electron chi connectivity index (χ1n) is 8.37. The molecule has 0 N–H and O–H groups in total. The van der Waals surface area contributed by atoms with Crippen molar-refractivity contribution in [3.8, 4) is 0 Å². The highest BCUT2D eigenvalue weighted by Crippen LogP contribution is 2.34. The molecule has 1 aliphatic rings. The highest BCUT2D eigenvalue weighted by Gasteiger charge is 2.42.